The van der Waals surface area contributed by atoms with Crippen molar-refractivity contribution in [3.05, 3.63) is 5.01 Å². The van der Waals surface area contributed by atoms with Crippen LogP contribution in [0.1, 0.15) is 24.8 Å². The lowest BCUT2D eigenvalue weighted by atomic mass is 10.1. The molecule has 0 spiro atoms. The molecular weight excluding hydrogens is 239 g/mol. The van der Waals surface area contributed by atoms with Crippen LogP contribution in [0, 0.1) is 5.92 Å². The van der Waals surface area contributed by atoms with Crippen molar-refractivity contribution in [3.63, 3.8) is 0 Å². The zero-order valence-corrected chi connectivity index (χ0v) is 9.61. The van der Waals surface area contributed by atoms with Crippen molar-refractivity contribution < 1.29 is 13.2 Å². The molecule has 1 unspecified atom stereocenters. The summed E-state index contributed by atoms with van der Waals surface area (Å²) < 4.78 is 37.0. The van der Waals surface area contributed by atoms with E-state index in [1.165, 1.54) is 0 Å². The van der Waals surface area contributed by atoms with Gasteiger partial charge in [-0.3, -0.25) is 0 Å². The summed E-state index contributed by atoms with van der Waals surface area (Å²) in [7, 11) is 0. The van der Waals surface area contributed by atoms with Gasteiger partial charge >= 0.3 is 6.18 Å². The Hall–Kier alpha value is -0.850. The first-order valence-electron chi connectivity index (χ1n) is 5.16. The first-order chi connectivity index (χ1) is 7.50. The van der Waals surface area contributed by atoms with E-state index in [0.29, 0.717) is 22.4 Å². The van der Waals surface area contributed by atoms with Crippen molar-refractivity contribution in [3.8, 4) is 0 Å². The topological polar surface area (TPSA) is 29.0 Å². The Morgan fingerprint density at radius 2 is 2.19 bits per heavy atom. The summed E-state index contributed by atoms with van der Waals surface area (Å²) in [4.78, 5) is 1.89. The van der Waals surface area contributed by atoms with Gasteiger partial charge in [-0.1, -0.05) is 24.7 Å². The minimum absolute atomic E-state index is 0.392. The quantitative estimate of drug-likeness (QED) is 0.809. The van der Waals surface area contributed by atoms with E-state index in [4.69, 9.17) is 0 Å². The molecule has 1 aliphatic rings. The molecule has 3 nitrogen and oxygen atoms in total. The molecule has 1 saturated heterocycles. The Morgan fingerprint density at radius 1 is 1.44 bits per heavy atom. The Labute approximate surface area is 95.3 Å². The van der Waals surface area contributed by atoms with Gasteiger partial charge in [0.05, 0.1) is 0 Å². The lowest BCUT2D eigenvalue weighted by Crippen LogP contribution is -2.19. The molecular formula is C9H12F3N3S. The van der Waals surface area contributed by atoms with E-state index in [-0.39, 0.29) is 0 Å². The molecule has 0 aromatic carbocycles. The van der Waals surface area contributed by atoms with Crippen molar-refractivity contribution in [2.24, 2.45) is 5.92 Å². The highest BCUT2D eigenvalue weighted by atomic mass is 32.1. The molecule has 0 bridgehead atoms. The van der Waals surface area contributed by atoms with Crippen LogP contribution in [0.2, 0.25) is 0 Å². The molecule has 1 fully saturated rings. The van der Waals surface area contributed by atoms with Gasteiger partial charge in [-0.25, -0.2) is 0 Å². The van der Waals surface area contributed by atoms with E-state index >= 15 is 0 Å². The van der Waals surface area contributed by atoms with Crippen molar-refractivity contribution >= 4 is 16.5 Å². The van der Waals surface area contributed by atoms with Gasteiger partial charge in [0.1, 0.15) is 0 Å². The zero-order valence-electron chi connectivity index (χ0n) is 8.79. The predicted molar refractivity (Wildman–Crippen MR) is 55.5 cm³/mol. The van der Waals surface area contributed by atoms with Gasteiger partial charge in [0, 0.05) is 13.1 Å². The van der Waals surface area contributed by atoms with Gasteiger partial charge in [0.25, 0.3) is 0 Å². The monoisotopic (exact) mass is 251 g/mol. The fourth-order valence-corrected chi connectivity index (χ4v) is 2.54. The molecule has 1 aromatic rings. The number of hydrogen-bond donors (Lipinski definition) is 0. The smallest absolute Gasteiger partial charge is 0.346 e. The molecule has 0 radical (unpaired) electrons. The van der Waals surface area contributed by atoms with Gasteiger partial charge in [-0.15, -0.1) is 10.2 Å². The van der Waals surface area contributed by atoms with Crippen LogP contribution in [0.4, 0.5) is 18.3 Å². The molecule has 1 aromatic heterocycles. The molecule has 0 aliphatic carbocycles. The number of halogens is 3. The van der Waals surface area contributed by atoms with Crippen LogP contribution in [0.25, 0.3) is 0 Å². The average Bonchev–Trinajstić information content (AvgIpc) is 2.85. The first-order valence-corrected chi connectivity index (χ1v) is 5.98. The SMILES string of the molecule is CCC1CCN(c2nnc(C(F)(F)F)s2)C1. The Balaban J connectivity index is 2.08. The first kappa shape index (κ1) is 11.6. The maximum absolute atomic E-state index is 12.3. The van der Waals surface area contributed by atoms with Crippen LogP contribution >= 0.6 is 11.3 Å². The number of aromatic nitrogens is 2. The highest BCUT2D eigenvalue weighted by molar-refractivity contribution is 7.15. The number of alkyl halides is 3. The highest BCUT2D eigenvalue weighted by Gasteiger charge is 2.36. The number of nitrogens with zero attached hydrogens (tertiary/aromatic N) is 3. The second-order valence-corrected chi connectivity index (χ2v) is 4.85. The predicted octanol–water partition coefficient (Wildman–Crippen LogP) is 2.79. The maximum Gasteiger partial charge on any atom is 0.445 e. The third-order valence-corrected chi connectivity index (χ3v) is 3.82. The lowest BCUT2D eigenvalue weighted by molar-refractivity contribution is -0.138. The summed E-state index contributed by atoms with van der Waals surface area (Å²) in [6.07, 6.45) is -2.29. The molecule has 0 saturated carbocycles. The molecule has 90 valence electrons. The normalized spacial score (nSPS) is 21.8. The summed E-state index contributed by atoms with van der Waals surface area (Å²) in [5.74, 6) is 0.568. The van der Waals surface area contributed by atoms with E-state index in [1.807, 2.05) is 4.90 Å². The van der Waals surface area contributed by atoms with Gasteiger partial charge in [-0.05, 0) is 12.3 Å². The van der Waals surface area contributed by atoms with E-state index in [2.05, 4.69) is 17.1 Å². The van der Waals surface area contributed by atoms with E-state index in [9.17, 15) is 13.2 Å². The Morgan fingerprint density at radius 3 is 2.69 bits per heavy atom. The second kappa shape index (κ2) is 4.20. The van der Waals surface area contributed by atoms with Crippen LogP contribution in [0.5, 0.6) is 0 Å². The van der Waals surface area contributed by atoms with Gasteiger partial charge in [0.2, 0.25) is 10.1 Å². The Kier molecular flexibility index (Phi) is 3.05. The summed E-state index contributed by atoms with van der Waals surface area (Å²) in [6, 6.07) is 0. The van der Waals surface area contributed by atoms with Crippen molar-refractivity contribution in [2.75, 3.05) is 18.0 Å². The zero-order chi connectivity index (χ0) is 11.8. The maximum atomic E-state index is 12.3. The lowest BCUT2D eigenvalue weighted by Gasteiger charge is -2.13. The van der Waals surface area contributed by atoms with Crippen LogP contribution in [-0.2, 0) is 6.18 Å². The summed E-state index contributed by atoms with van der Waals surface area (Å²) >= 11 is 0.628. The molecule has 2 rings (SSSR count). The molecule has 2 heterocycles. The molecule has 1 atom stereocenters. The fraction of sp³-hybridized carbons (Fsp3) is 0.778. The van der Waals surface area contributed by atoms with Crippen LogP contribution < -0.4 is 4.90 Å². The van der Waals surface area contributed by atoms with E-state index in [0.717, 1.165) is 25.9 Å². The summed E-state index contributed by atoms with van der Waals surface area (Å²) in [6.45, 7) is 3.67. The number of rotatable bonds is 2. The fourth-order valence-electron chi connectivity index (χ4n) is 1.80. The highest BCUT2D eigenvalue weighted by Crippen LogP contribution is 2.35. The Bertz CT molecular complexity index is 363. The molecule has 0 amide bonds. The number of anilines is 1. The van der Waals surface area contributed by atoms with Gasteiger partial charge in [-0.2, -0.15) is 13.2 Å². The number of hydrogen-bond acceptors (Lipinski definition) is 4. The van der Waals surface area contributed by atoms with Crippen LogP contribution in [-0.4, -0.2) is 23.3 Å². The van der Waals surface area contributed by atoms with Gasteiger partial charge in [0.15, 0.2) is 0 Å². The van der Waals surface area contributed by atoms with E-state index < -0.39 is 11.2 Å². The average molecular weight is 251 g/mol. The second-order valence-electron chi connectivity index (χ2n) is 3.90. The largest absolute Gasteiger partial charge is 0.445 e. The molecule has 1 aliphatic heterocycles. The summed E-state index contributed by atoms with van der Waals surface area (Å²) in [5.41, 5.74) is 0. The standard InChI is InChI=1S/C9H12F3N3S/c1-2-6-3-4-15(5-6)8-14-13-7(16-8)9(10,11)12/h6H,2-5H2,1H3. The van der Waals surface area contributed by atoms with Crippen molar-refractivity contribution in [1.82, 2.24) is 10.2 Å². The van der Waals surface area contributed by atoms with Crippen LogP contribution in [0.15, 0.2) is 0 Å². The van der Waals surface area contributed by atoms with Crippen molar-refractivity contribution in [1.29, 1.82) is 0 Å². The minimum Gasteiger partial charge on any atom is -0.346 e. The summed E-state index contributed by atoms with van der Waals surface area (Å²) in [5, 5.41) is 6.33. The van der Waals surface area contributed by atoms with Gasteiger partial charge < -0.3 is 4.90 Å². The molecule has 7 heteroatoms. The van der Waals surface area contributed by atoms with Crippen LogP contribution in [0.3, 0.4) is 0 Å². The van der Waals surface area contributed by atoms with E-state index in [1.54, 1.807) is 0 Å². The third-order valence-electron chi connectivity index (χ3n) is 2.79. The third kappa shape index (κ3) is 2.28. The van der Waals surface area contributed by atoms with Crippen molar-refractivity contribution in [2.45, 2.75) is 25.9 Å². The molecule has 16 heavy (non-hydrogen) atoms. The molecule has 0 N–H and O–H groups in total. The minimum atomic E-state index is -4.38.